The molecule has 0 aromatic heterocycles. The molecule has 0 heterocycles. The van der Waals surface area contributed by atoms with Gasteiger partial charge in [0.25, 0.3) is 5.91 Å². The summed E-state index contributed by atoms with van der Waals surface area (Å²) in [4.78, 5) is 12.1. The van der Waals surface area contributed by atoms with Gasteiger partial charge >= 0.3 is 0 Å². The third kappa shape index (κ3) is 5.53. The van der Waals surface area contributed by atoms with Crippen molar-refractivity contribution in [3.8, 4) is 5.75 Å². The molecule has 1 amide bonds. The van der Waals surface area contributed by atoms with Gasteiger partial charge in [-0.3, -0.25) is 4.79 Å². The Morgan fingerprint density at radius 3 is 2.50 bits per heavy atom. The van der Waals surface area contributed by atoms with Gasteiger partial charge in [0, 0.05) is 12.2 Å². The summed E-state index contributed by atoms with van der Waals surface area (Å²) in [5, 5.41) is 2.57. The first-order valence-corrected chi connectivity index (χ1v) is 9.58. The molecule has 2 N–H and O–H groups in total. The number of hydrogen-bond donors (Lipinski definition) is 2. The van der Waals surface area contributed by atoms with E-state index in [1.165, 1.54) is 36.4 Å². The van der Waals surface area contributed by atoms with E-state index >= 15 is 0 Å². The van der Waals surface area contributed by atoms with Crippen molar-refractivity contribution >= 4 is 21.6 Å². The zero-order chi connectivity index (χ0) is 19.2. The van der Waals surface area contributed by atoms with Crippen LogP contribution in [0, 0.1) is 12.7 Å². The molecule has 2 aromatic carbocycles. The zero-order valence-corrected chi connectivity index (χ0v) is 15.4. The summed E-state index contributed by atoms with van der Waals surface area (Å²) in [6, 6.07) is 9.87. The number of ether oxygens (including phenoxy) is 1. The Labute approximate surface area is 152 Å². The van der Waals surface area contributed by atoms with E-state index in [4.69, 9.17) is 4.74 Å². The fourth-order valence-electron chi connectivity index (χ4n) is 2.10. The molecule has 0 spiro atoms. The van der Waals surface area contributed by atoms with Crippen molar-refractivity contribution in [2.75, 3.05) is 18.5 Å². The fourth-order valence-corrected chi connectivity index (χ4v) is 3.23. The molecule has 140 valence electrons. The fraction of sp³-hybridized carbons (Fsp3) is 0.278. The van der Waals surface area contributed by atoms with E-state index in [0.29, 0.717) is 24.4 Å². The van der Waals surface area contributed by atoms with Crippen molar-refractivity contribution in [2.45, 2.75) is 25.2 Å². The first-order valence-electron chi connectivity index (χ1n) is 8.10. The Morgan fingerprint density at radius 1 is 1.15 bits per heavy atom. The van der Waals surface area contributed by atoms with Crippen molar-refractivity contribution in [2.24, 2.45) is 0 Å². The number of carbonyl (C=O) groups is 1. The molecule has 0 bridgehead atoms. The second-order valence-corrected chi connectivity index (χ2v) is 7.43. The minimum atomic E-state index is -3.54. The molecule has 0 radical (unpaired) electrons. The van der Waals surface area contributed by atoms with Crippen molar-refractivity contribution in [1.82, 2.24) is 4.72 Å². The number of amides is 1. The largest absolute Gasteiger partial charge is 0.484 e. The third-order valence-corrected chi connectivity index (χ3v) is 5.00. The van der Waals surface area contributed by atoms with Crippen LogP contribution in [0.3, 0.4) is 0 Å². The molecule has 0 unspecified atom stereocenters. The van der Waals surface area contributed by atoms with Crippen molar-refractivity contribution in [3.63, 3.8) is 0 Å². The molecule has 6 nitrogen and oxygen atoms in total. The Balaban J connectivity index is 1.93. The monoisotopic (exact) mass is 380 g/mol. The van der Waals surface area contributed by atoms with E-state index in [0.717, 1.165) is 5.56 Å². The van der Waals surface area contributed by atoms with Gasteiger partial charge in [-0.2, -0.15) is 0 Å². The lowest BCUT2D eigenvalue weighted by atomic mass is 10.2. The van der Waals surface area contributed by atoms with Gasteiger partial charge < -0.3 is 10.1 Å². The van der Waals surface area contributed by atoms with E-state index in [9.17, 15) is 17.6 Å². The van der Waals surface area contributed by atoms with Crippen LogP contribution in [-0.4, -0.2) is 27.5 Å². The van der Waals surface area contributed by atoms with Gasteiger partial charge in [0.2, 0.25) is 10.0 Å². The number of benzene rings is 2. The second kappa shape index (κ2) is 8.77. The molecule has 0 aliphatic carbocycles. The van der Waals surface area contributed by atoms with Crippen LogP contribution in [-0.2, 0) is 14.8 Å². The quantitative estimate of drug-likeness (QED) is 0.738. The number of rotatable bonds is 8. The first kappa shape index (κ1) is 19.9. The number of anilines is 1. The molecule has 2 rings (SSSR count). The number of hydrogen-bond acceptors (Lipinski definition) is 4. The predicted octanol–water partition coefficient (Wildman–Crippen LogP) is 2.84. The summed E-state index contributed by atoms with van der Waals surface area (Å²) in [5.41, 5.74) is 1.11. The highest BCUT2D eigenvalue weighted by Gasteiger charge is 2.13. The van der Waals surface area contributed by atoms with E-state index in [1.54, 1.807) is 13.0 Å². The summed E-state index contributed by atoms with van der Waals surface area (Å²) < 4.78 is 45.0. The molecule has 0 saturated carbocycles. The lowest BCUT2D eigenvalue weighted by molar-refractivity contribution is -0.118. The topological polar surface area (TPSA) is 84.5 Å². The first-order chi connectivity index (χ1) is 12.3. The Kier molecular flexibility index (Phi) is 6.70. The molecular formula is C18H21FN2O4S. The average Bonchev–Trinajstić information content (AvgIpc) is 2.62. The Hall–Kier alpha value is -2.45. The lowest BCUT2D eigenvalue weighted by Gasteiger charge is -2.10. The maximum absolute atomic E-state index is 13.2. The van der Waals surface area contributed by atoms with Crippen LogP contribution in [0.25, 0.3) is 0 Å². The molecule has 0 saturated heterocycles. The van der Waals surface area contributed by atoms with Crippen LogP contribution in [0.5, 0.6) is 5.75 Å². The van der Waals surface area contributed by atoms with Gasteiger partial charge in [-0.25, -0.2) is 17.5 Å². The number of aryl methyl sites for hydroxylation is 1. The molecule has 2 aromatic rings. The Morgan fingerprint density at radius 2 is 1.85 bits per heavy atom. The van der Waals surface area contributed by atoms with Gasteiger partial charge in [-0.05, 0) is 55.3 Å². The summed E-state index contributed by atoms with van der Waals surface area (Å²) in [6.45, 7) is 3.70. The van der Waals surface area contributed by atoms with Crippen molar-refractivity contribution in [1.29, 1.82) is 0 Å². The maximum atomic E-state index is 13.2. The van der Waals surface area contributed by atoms with Gasteiger partial charge in [0.05, 0.1) is 4.90 Å². The van der Waals surface area contributed by atoms with Crippen LogP contribution in [0.2, 0.25) is 0 Å². The number of carbonyl (C=O) groups excluding carboxylic acids is 1. The SMILES string of the molecule is CCCNS(=O)(=O)c1ccc(OCC(=O)Nc2cc(F)ccc2C)cc1. The second-order valence-electron chi connectivity index (χ2n) is 5.67. The lowest BCUT2D eigenvalue weighted by Crippen LogP contribution is -2.24. The minimum absolute atomic E-state index is 0.123. The van der Waals surface area contributed by atoms with Crippen molar-refractivity contribution < 1.29 is 22.3 Å². The summed E-state index contributed by atoms with van der Waals surface area (Å²) in [7, 11) is -3.54. The van der Waals surface area contributed by atoms with Crippen molar-refractivity contribution in [3.05, 3.63) is 53.8 Å². The molecule has 8 heteroatoms. The van der Waals surface area contributed by atoms with Gasteiger partial charge in [-0.15, -0.1) is 0 Å². The van der Waals surface area contributed by atoms with E-state index in [1.807, 2.05) is 6.92 Å². The molecule has 0 aliphatic heterocycles. The van der Waals surface area contributed by atoms with Crippen LogP contribution in [0.4, 0.5) is 10.1 Å². The Bertz CT molecular complexity index is 867. The summed E-state index contributed by atoms with van der Waals surface area (Å²) >= 11 is 0. The molecule has 0 fully saturated rings. The van der Waals surface area contributed by atoms with E-state index < -0.39 is 21.7 Å². The van der Waals surface area contributed by atoms with Crippen LogP contribution in [0.15, 0.2) is 47.4 Å². The molecule has 26 heavy (non-hydrogen) atoms. The van der Waals surface area contributed by atoms with E-state index in [2.05, 4.69) is 10.0 Å². The van der Waals surface area contributed by atoms with Gasteiger partial charge in [-0.1, -0.05) is 13.0 Å². The average molecular weight is 380 g/mol. The summed E-state index contributed by atoms with van der Waals surface area (Å²) in [6.07, 6.45) is 0.695. The van der Waals surface area contributed by atoms with Crippen LogP contribution < -0.4 is 14.8 Å². The third-order valence-electron chi connectivity index (χ3n) is 3.52. The number of nitrogens with one attached hydrogen (secondary N) is 2. The number of sulfonamides is 1. The highest BCUT2D eigenvalue weighted by Crippen LogP contribution is 2.17. The molecule has 0 aliphatic rings. The van der Waals surface area contributed by atoms with Gasteiger partial charge in [0.1, 0.15) is 11.6 Å². The minimum Gasteiger partial charge on any atom is -0.484 e. The highest BCUT2D eigenvalue weighted by atomic mass is 32.2. The van der Waals surface area contributed by atoms with E-state index in [-0.39, 0.29) is 11.5 Å². The van der Waals surface area contributed by atoms with Gasteiger partial charge in [0.15, 0.2) is 6.61 Å². The zero-order valence-electron chi connectivity index (χ0n) is 14.6. The predicted molar refractivity (Wildman–Crippen MR) is 97.2 cm³/mol. The maximum Gasteiger partial charge on any atom is 0.262 e. The molecular weight excluding hydrogens is 359 g/mol. The smallest absolute Gasteiger partial charge is 0.262 e. The highest BCUT2D eigenvalue weighted by molar-refractivity contribution is 7.89. The summed E-state index contributed by atoms with van der Waals surface area (Å²) in [5.74, 6) is -0.536. The molecule has 0 atom stereocenters. The standard InChI is InChI=1S/C18H21FN2O4S/c1-3-10-20-26(23,24)16-8-6-15(7-9-16)25-12-18(22)21-17-11-14(19)5-4-13(17)2/h4-9,11,20H,3,10,12H2,1-2H3,(H,21,22). The normalized spacial score (nSPS) is 11.2. The van der Waals surface area contributed by atoms with Crippen LogP contribution in [0.1, 0.15) is 18.9 Å². The number of halogens is 1. The van der Waals surface area contributed by atoms with Crippen LogP contribution >= 0.6 is 0 Å².